The van der Waals surface area contributed by atoms with Crippen LogP contribution in [0.15, 0.2) is 33.9 Å². The smallest absolute Gasteiger partial charge is 0.247 e. The summed E-state index contributed by atoms with van der Waals surface area (Å²) in [6, 6.07) is 0.0745. The van der Waals surface area contributed by atoms with E-state index in [2.05, 4.69) is 33.4 Å². The molecule has 2 atom stereocenters. The molecule has 0 saturated carbocycles. The van der Waals surface area contributed by atoms with Gasteiger partial charge >= 0.3 is 0 Å². The van der Waals surface area contributed by atoms with Gasteiger partial charge < -0.3 is 20.4 Å². The number of rotatable bonds is 7. The van der Waals surface area contributed by atoms with E-state index in [4.69, 9.17) is 10.2 Å². The van der Waals surface area contributed by atoms with Crippen molar-refractivity contribution >= 4 is 11.5 Å². The van der Waals surface area contributed by atoms with Crippen LogP contribution in [0.3, 0.4) is 0 Å². The number of amides is 1. The molecule has 1 saturated heterocycles. The lowest BCUT2D eigenvalue weighted by atomic mass is 10.1. The molecule has 7 nitrogen and oxygen atoms in total. The molecular weight excluding hydrogens is 354 g/mol. The second-order valence-corrected chi connectivity index (χ2v) is 7.59. The molecule has 152 valence electrons. The van der Waals surface area contributed by atoms with Gasteiger partial charge in [0.15, 0.2) is 0 Å². The minimum atomic E-state index is -0.317. The Bertz CT molecular complexity index is 790. The predicted molar refractivity (Wildman–Crippen MR) is 109 cm³/mol. The number of hydrogen-bond acceptors (Lipinski definition) is 6. The Kier molecular flexibility index (Phi) is 6.67. The lowest BCUT2D eigenvalue weighted by Gasteiger charge is -2.24. The summed E-state index contributed by atoms with van der Waals surface area (Å²) in [6.07, 6.45) is 11.6. The van der Waals surface area contributed by atoms with Crippen molar-refractivity contribution in [2.24, 2.45) is 5.73 Å². The van der Waals surface area contributed by atoms with Gasteiger partial charge in [0.05, 0.1) is 12.5 Å². The summed E-state index contributed by atoms with van der Waals surface area (Å²) in [5.74, 6) is 1.03. The normalized spacial score (nSPS) is 20.9. The quantitative estimate of drug-likeness (QED) is 0.749. The molecule has 2 heterocycles. The molecule has 1 fully saturated rings. The summed E-state index contributed by atoms with van der Waals surface area (Å²) in [5, 5.41) is 11.4. The first kappa shape index (κ1) is 20.3. The largest absolute Gasteiger partial charge is 0.419 e. The third-order valence-corrected chi connectivity index (χ3v) is 5.33. The fraction of sp³-hybridized carbons (Fsp3) is 0.571. The Hall–Kier alpha value is -2.41. The Morgan fingerprint density at radius 1 is 1.43 bits per heavy atom. The molecule has 1 unspecified atom stereocenters. The molecule has 3 N–H and O–H groups in total. The van der Waals surface area contributed by atoms with Gasteiger partial charge in [-0.1, -0.05) is 19.4 Å². The molecule has 2 aliphatic rings. The van der Waals surface area contributed by atoms with Gasteiger partial charge in [-0.05, 0) is 43.9 Å². The summed E-state index contributed by atoms with van der Waals surface area (Å²) in [7, 11) is 1.88. The maximum Gasteiger partial charge on any atom is 0.247 e. The van der Waals surface area contributed by atoms with Crippen molar-refractivity contribution in [3.05, 3.63) is 41.3 Å². The first-order valence-electron chi connectivity index (χ1n) is 10.2. The molecule has 0 spiro atoms. The van der Waals surface area contributed by atoms with Gasteiger partial charge in [-0.25, -0.2) is 0 Å². The van der Waals surface area contributed by atoms with Gasteiger partial charge in [-0.15, -0.1) is 10.2 Å². The highest BCUT2D eigenvalue weighted by Gasteiger charge is 2.28. The molecule has 7 heteroatoms. The van der Waals surface area contributed by atoms with Gasteiger partial charge in [-0.3, -0.25) is 4.79 Å². The van der Waals surface area contributed by atoms with Crippen molar-refractivity contribution in [1.29, 1.82) is 0 Å². The van der Waals surface area contributed by atoms with Gasteiger partial charge in [0, 0.05) is 37.3 Å². The lowest BCUT2D eigenvalue weighted by molar-refractivity contribution is -0.131. The number of hydrogen-bond donors (Lipinski definition) is 2. The SMILES string of the molecule is CCC[C@H]1CCCN1C(=O)CC1=CCC(NC)=CC(c2nnc(C(C)N)o2)=C1. The lowest BCUT2D eigenvalue weighted by Crippen LogP contribution is -2.35. The maximum absolute atomic E-state index is 13.0. The van der Waals surface area contributed by atoms with Crippen molar-refractivity contribution in [1.82, 2.24) is 20.4 Å². The van der Waals surface area contributed by atoms with Crippen LogP contribution in [0.2, 0.25) is 0 Å². The number of nitrogens with zero attached hydrogens (tertiary/aromatic N) is 3. The molecule has 1 amide bonds. The zero-order valence-electron chi connectivity index (χ0n) is 17.1. The topological polar surface area (TPSA) is 97.3 Å². The molecule has 1 aliphatic heterocycles. The van der Waals surface area contributed by atoms with Crippen molar-refractivity contribution in [2.45, 2.75) is 64.5 Å². The predicted octanol–water partition coefficient (Wildman–Crippen LogP) is 3.09. The van der Waals surface area contributed by atoms with E-state index >= 15 is 0 Å². The van der Waals surface area contributed by atoms with Crippen LogP contribution in [0.4, 0.5) is 0 Å². The molecule has 28 heavy (non-hydrogen) atoms. The fourth-order valence-corrected chi connectivity index (χ4v) is 3.82. The highest BCUT2D eigenvalue weighted by atomic mass is 16.4. The highest BCUT2D eigenvalue weighted by Crippen LogP contribution is 2.27. The molecule has 0 radical (unpaired) electrons. The van der Waals surface area contributed by atoms with Crippen LogP contribution in [-0.2, 0) is 4.79 Å². The standard InChI is InChI=1S/C21H31N5O2/c1-4-6-18-7-5-10-26(18)19(27)12-15-8-9-17(23-3)13-16(11-15)21-25-24-20(28-21)14(2)22/h8,11,13-14,18,23H,4-7,9-10,12,22H2,1-3H3/t14?,18-/m0/s1. The van der Waals surface area contributed by atoms with Gasteiger partial charge in [-0.2, -0.15) is 0 Å². The van der Waals surface area contributed by atoms with Gasteiger partial charge in [0.25, 0.3) is 0 Å². The first-order valence-corrected chi connectivity index (χ1v) is 10.2. The van der Waals surface area contributed by atoms with Crippen LogP contribution in [0.25, 0.3) is 5.57 Å². The van der Waals surface area contributed by atoms with E-state index in [1.807, 2.05) is 19.2 Å². The first-order chi connectivity index (χ1) is 13.5. The third-order valence-electron chi connectivity index (χ3n) is 5.33. The van der Waals surface area contributed by atoms with E-state index in [1.165, 1.54) is 0 Å². The Morgan fingerprint density at radius 2 is 2.25 bits per heavy atom. The van der Waals surface area contributed by atoms with E-state index in [-0.39, 0.29) is 11.9 Å². The molecule has 3 rings (SSSR count). The van der Waals surface area contributed by atoms with Crippen LogP contribution in [-0.4, -0.2) is 40.6 Å². The average molecular weight is 386 g/mol. The van der Waals surface area contributed by atoms with E-state index in [0.717, 1.165) is 55.5 Å². The van der Waals surface area contributed by atoms with E-state index < -0.39 is 0 Å². The van der Waals surface area contributed by atoms with E-state index in [1.54, 1.807) is 6.92 Å². The minimum absolute atomic E-state index is 0.201. The molecule has 0 bridgehead atoms. The highest BCUT2D eigenvalue weighted by molar-refractivity contribution is 5.82. The fourth-order valence-electron chi connectivity index (χ4n) is 3.82. The zero-order valence-corrected chi connectivity index (χ0v) is 17.1. The number of allylic oxidation sites excluding steroid dienone is 4. The van der Waals surface area contributed by atoms with Crippen molar-refractivity contribution in [3.63, 3.8) is 0 Å². The average Bonchev–Trinajstić information content (AvgIpc) is 3.29. The molecular formula is C21H31N5O2. The molecule has 1 aliphatic carbocycles. The number of carbonyl (C=O) groups is 1. The van der Waals surface area contributed by atoms with Gasteiger partial charge in [0.1, 0.15) is 0 Å². The van der Waals surface area contributed by atoms with Crippen molar-refractivity contribution in [3.8, 4) is 0 Å². The Balaban J connectivity index is 1.80. The molecule has 1 aromatic rings. The number of nitrogens with two attached hydrogens (primary N) is 1. The number of nitrogens with one attached hydrogen (secondary N) is 1. The summed E-state index contributed by atoms with van der Waals surface area (Å²) in [5.41, 5.74) is 8.64. The minimum Gasteiger partial charge on any atom is -0.419 e. The monoisotopic (exact) mass is 385 g/mol. The van der Waals surface area contributed by atoms with Crippen LogP contribution < -0.4 is 11.1 Å². The van der Waals surface area contributed by atoms with Crippen LogP contribution in [0, 0.1) is 0 Å². The van der Waals surface area contributed by atoms with E-state index in [0.29, 0.717) is 24.2 Å². The Morgan fingerprint density at radius 3 is 2.93 bits per heavy atom. The summed E-state index contributed by atoms with van der Waals surface area (Å²) >= 11 is 0. The second kappa shape index (κ2) is 9.19. The molecule has 0 aromatic carbocycles. The Labute approximate surface area is 166 Å². The van der Waals surface area contributed by atoms with Crippen molar-refractivity contribution < 1.29 is 9.21 Å². The third kappa shape index (κ3) is 4.70. The zero-order chi connectivity index (χ0) is 20.1. The van der Waals surface area contributed by atoms with E-state index in [9.17, 15) is 4.79 Å². The number of likely N-dealkylation sites (tertiary alicyclic amines) is 1. The van der Waals surface area contributed by atoms with Crippen LogP contribution in [0.1, 0.15) is 70.2 Å². The van der Waals surface area contributed by atoms with Gasteiger partial charge in [0.2, 0.25) is 17.7 Å². The van der Waals surface area contributed by atoms with Crippen molar-refractivity contribution in [2.75, 3.05) is 13.6 Å². The summed E-state index contributed by atoms with van der Waals surface area (Å²) in [4.78, 5) is 15.0. The van der Waals surface area contributed by atoms with Crippen LogP contribution in [0.5, 0.6) is 0 Å². The number of aromatic nitrogens is 2. The maximum atomic E-state index is 13.0. The van der Waals surface area contributed by atoms with Crippen LogP contribution >= 0.6 is 0 Å². The summed E-state index contributed by atoms with van der Waals surface area (Å²) in [6.45, 7) is 4.85. The molecule has 1 aromatic heterocycles. The second-order valence-electron chi connectivity index (χ2n) is 7.59. The summed E-state index contributed by atoms with van der Waals surface area (Å²) < 4.78 is 5.72. The number of carbonyl (C=O) groups excluding carboxylic acids is 1.